The monoisotopic (exact) mass is 320 g/mol. The molecule has 0 amide bonds. The lowest BCUT2D eigenvalue weighted by atomic mass is 10.2. The van der Waals surface area contributed by atoms with E-state index in [9.17, 15) is 0 Å². The Hall–Kier alpha value is -1.39. The van der Waals surface area contributed by atoms with Crippen LogP contribution in [0, 0.1) is 6.92 Å². The number of rotatable bonds is 5. The van der Waals surface area contributed by atoms with Gasteiger partial charge in [0.05, 0.1) is 18.8 Å². The fourth-order valence-corrected chi connectivity index (χ4v) is 2.38. The van der Waals surface area contributed by atoms with Crippen molar-refractivity contribution in [2.45, 2.75) is 20.1 Å². The van der Waals surface area contributed by atoms with Gasteiger partial charge in [0.1, 0.15) is 0 Å². The van der Waals surface area contributed by atoms with Crippen molar-refractivity contribution in [1.82, 2.24) is 4.98 Å². The summed E-state index contributed by atoms with van der Waals surface area (Å²) in [7, 11) is 1.70. The molecule has 0 saturated carbocycles. The van der Waals surface area contributed by atoms with Gasteiger partial charge in [-0.25, -0.2) is 0 Å². The van der Waals surface area contributed by atoms with Gasteiger partial charge in [-0.3, -0.25) is 4.98 Å². The minimum Gasteiger partial charge on any atom is -0.380 e. The highest BCUT2D eigenvalue weighted by Gasteiger charge is 2.06. The first-order valence-electron chi connectivity index (χ1n) is 6.13. The van der Waals surface area contributed by atoms with Crippen molar-refractivity contribution in [3.8, 4) is 0 Å². The zero-order chi connectivity index (χ0) is 13.7. The van der Waals surface area contributed by atoms with Crippen LogP contribution in [0.1, 0.15) is 17.0 Å². The standard InChI is InChI=1S/C15H17BrN2O/c1-11-5-3-6-12(18-11)9-17-15-8-4-7-14(16)13(15)10-19-2/h3-8,17H,9-10H2,1-2H3. The number of ether oxygens (including phenoxy) is 1. The minimum atomic E-state index is 0.574. The molecular formula is C15H17BrN2O. The van der Waals surface area contributed by atoms with Gasteiger partial charge in [0.15, 0.2) is 0 Å². The summed E-state index contributed by atoms with van der Waals surface area (Å²) in [6.07, 6.45) is 0. The fourth-order valence-electron chi connectivity index (χ4n) is 1.90. The zero-order valence-electron chi connectivity index (χ0n) is 11.1. The molecule has 1 N–H and O–H groups in total. The molecule has 0 unspecified atom stereocenters. The van der Waals surface area contributed by atoms with E-state index in [2.05, 4.69) is 32.3 Å². The van der Waals surface area contributed by atoms with Crippen LogP contribution in [0.25, 0.3) is 0 Å². The Morgan fingerprint density at radius 1 is 1.21 bits per heavy atom. The lowest BCUT2D eigenvalue weighted by Gasteiger charge is -2.13. The summed E-state index contributed by atoms with van der Waals surface area (Å²) in [5.74, 6) is 0. The SMILES string of the molecule is COCc1c(Br)cccc1NCc1cccc(C)n1. The van der Waals surface area contributed by atoms with Crippen LogP contribution in [-0.4, -0.2) is 12.1 Å². The number of hydrogen-bond donors (Lipinski definition) is 1. The fraction of sp³-hybridized carbons (Fsp3) is 0.267. The molecule has 0 aliphatic carbocycles. The lowest BCUT2D eigenvalue weighted by molar-refractivity contribution is 0.185. The Balaban J connectivity index is 2.13. The first-order valence-corrected chi connectivity index (χ1v) is 6.92. The van der Waals surface area contributed by atoms with Gasteiger partial charge in [0, 0.05) is 28.5 Å². The van der Waals surface area contributed by atoms with Crippen LogP contribution in [0.5, 0.6) is 0 Å². The number of benzene rings is 1. The van der Waals surface area contributed by atoms with Crippen LogP contribution in [0.2, 0.25) is 0 Å². The predicted octanol–water partition coefficient (Wildman–Crippen LogP) is 3.91. The van der Waals surface area contributed by atoms with Gasteiger partial charge < -0.3 is 10.1 Å². The molecule has 0 aliphatic heterocycles. The van der Waals surface area contributed by atoms with Crippen LogP contribution in [0.4, 0.5) is 5.69 Å². The number of nitrogens with one attached hydrogen (secondary N) is 1. The molecule has 2 rings (SSSR count). The molecule has 3 nitrogen and oxygen atoms in total. The van der Waals surface area contributed by atoms with Crippen LogP contribution in [0.15, 0.2) is 40.9 Å². The Morgan fingerprint density at radius 2 is 2.00 bits per heavy atom. The summed E-state index contributed by atoms with van der Waals surface area (Å²) in [5.41, 5.74) is 4.26. The molecule has 0 fully saturated rings. The number of pyridine rings is 1. The maximum atomic E-state index is 5.23. The molecular weight excluding hydrogens is 304 g/mol. The number of anilines is 1. The van der Waals surface area contributed by atoms with Crippen molar-refractivity contribution >= 4 is 21.6 Å². The Bertz CT molecular complexity index is 558. The largest absolute Gasteiger partial charge is 0.380 e. The highest BCUT2D eigenvalue weighted by molar-refractivity contribution is 9.10. The van der Waals surface area contributed by atoms with Crippen molar-refractivity contribution in [2.75, 3.05) is 12.4 Å². The summed E-state index contributed by atoms with van der Waals surface area (Å²) >= 11 is 3.55. The van der Waals surface area contributed by atoms with Crippen molar-refractivity contribution in [1.29, 1.82) is 0 Å². The van der Waals surface area contributed by atoms with Crippen molar-refractivity contribution in [3.63, 3.8) is 0 Å². The van der Waals surface area contributed by atoms with E-state index < -0.39 is 0 Å². The molecule has 2 aromatic rings. The highest BCUT2D eigenvalue weighted by atomic mass is 79.9. The molecule has 0 spiro atoms. The van der Waals surface area contributed by atoms with Crippen LogP contribution < -0.4 is 5.32 Å². The van der Waals surface area contributed by atoms with Gasteiger partial charge in [-0.2, -0.15) is 0 Å². The lowest BCUT2D eigenvalue weighted by Crippen LogP contribution is -2.05. The van der Waals surface area contributed by atoms with Crippen LogP contribution >= 0.6 is 15.9 Å². The Morgan fingerprint density at radius 3 is 2.74 bits per heavy atom. The summed E-state index contributed by atoms with van der Waals surface area (Å²) in [5, 5.41) is 3.41. The molecule has 0 atom stereocenters. The normalized spacial score (nSPS) is 10.5. The van der Waals surface area contributed by atoms with E-state index >= 15 is 0 Å². The molecule has 0 saturated heterocycles. The van der Waals surface area contributed by atoms with Crippen LogP contribution in [0.3, 0.4) is 0 Å². The van der Waals surface area contributed by atoms with E-state index in [1.807, 2.05) is 37.3 Å². The molecule has 19 heavy (non-hydrogen) atoms. The second kappa shape index (κ2) is 6.68. The second-order valence-corrected chi connectivity index (χ2v) is 5.18. The predicted molar refractivity (Wildman–Crippen MR) is 81.2 cm³/mol. The summed E-state index contributed by atoms with van der Waals surface area (Å²) in [6.45, 7) is 3.28. The number of aromatic nitrogens is 1. The van der Waals surface area contributed by atoms with E-state index in [0.29, 0.717) is 13.2 Å². The van der Waals surface area contributed by atoms with Gasteiger partial charge in [-0.05, 0) is 31.2 Å². The summed E-state index contributed by atoms with van der Waals surface area (Å²) < 4.78 is 6.29. The number of methoxy groups -OCH3 is 1. The molecule has 100 valence electrons. The summed E-state index contributed by atoms with van der Waals surface area (Å²) in [6, 6.07) is 12.1. The quantitative estimate of drug-likeness (QED) is 0.906. The average molecular weight is 321 g/mol. The number of nitrogens with zero attached hydrogens (tertiary/aromatic N) is 1. The molecule has 1 aromatic carbocycles. The minimum absolute atomic E-state index is 0.574. The maximum Gasteiger partial charge on any atom is 0.0744 e. The first kappa shape index (κ1) is 14.0. The van der Waals surface area contributed by atoms with E-state index in [0.717, 1.165) is 27.1 Å². The Kier molecular flexibility index (Phi) is 4.93. The van der Waals surface area contributed by atoms with E-state index in [-0.39, 0.29) is 0 Å². The van der Waals surface area contributed by atoms with Gasteiger partial charge in [0.2, 0.25) is 0 Å². The topological polar surface area (TPSA) is 34.1 Å². The molecule has 1 aromatic heterocycles. The number of aryl methyl sites for hydroxylation is 1. The van der Waals surface area contributed by atoms with E-state index in [1.54, 1.807) is 7.11 Å². The van der Waals surface area contributed by atoms with E-state index in [1.165, 1.54) is 0 Å². The van der Waals surface area contributed by atoms with Crippen molar-refractivity contribution in [2.24, 2.45) is 0 Å². The third kappa shape index (κ3) is 3.78. The van der Waals surface area contributed by atoms with Gasteiger partial charge in [-0.15, -0.1) is 0 Å². The van der Waals surface area contributed by atoms with E-state index in [4.69, 9.17) is 4.74 Å². The van der Waals surface area contributed by atoms with Crippen molar-refractivity contribution in [3.05, 3.63) is 57.8 Å². The third-order valence-corrected chi connectivity index (χ3v) is 3.56. The van der Waals surface area contributed by atoms with Crippen LogP contribution in [-0.2, 0) is 17.9 Å². The smallest absolute Gasteiger partial charge is 0.0744 e. The average Bonchev–Trinajstić information content (AvgIpc) is 2.40. The van der Waals surface area contributed by atoms with Gasteiger partial charge in [0.25, 0.3) is 0 Å². The molecule has 1 heterocycles. The maximum absolute atomic E-state index is 5.23. The zero-order valence-corrected chi connectivity index (χ0v) is 12.7. The number of hydrogen-bond acceptors (Lipinski definition) is 3. The molecule has 0 aliphatic rings. The van der Waals surface area contributed by atoms with Gasteiger partial charge >= 0.3 is 0 Å². The van der Waals surface area contributed by atoms with Gasteiger partial charge in [-0.1, -0.05) is 28.1 Å². The van der Waals surface area contributed by atoms with Crippen molar-refractivity contribution < 1.29 is 4.74 Å². The molecule has 0 bridgehead atoms. The second-order valence-electron chi connectivity index (χ2n) is 4.32. The first-order chi connectivity index (χ1) is 9.20. The number of halogens is 1. The Labute approximate surface area is 122 Å². The molecule has 4 heteroatoms. The third-order valence-electron chi connectivity index (χ3n) is 2.81. The molecule has 0 radical (unpaired) electrons. The summed E-state index contributed by atoms with van der Waals surface area (Å²) in [4.78, 5) is 4.48. The highest BCUT2D eigenvalue weighted by Crippen LogP contribution is 2.25.